The highest BCUT2D eigenvalue weighted by Crippen LogP contribution is 2.53. The standard InChI is InChI=1S/C24H34N2O3/c1-28-21-4-2-3-5-22(21)29-20-6-8-26(9-7-20)15-23(27)25-24-18-11-16-10-17(13-18)14-19(24)12-16/h2-5,16-20,24H,6-15H2,1H3,(H,25,27). The van der Waals surface area contributed by atoms with Crippen molar-refractivity contribution in [1.82, 2.24) is 10.2 Å². The SMILES string of the molecule is COc1ccccc1OC1CCN(CC(=O)NC2C3CC4CC(C3)CC2C4)CC1. The summed E-state index contributed by atoms with van der Waals surface area (Å²) in [6.07, 6.45) is 8.95. The number of amides is 1. The Hall–Kier alpha value is -1.75. The van der Waals surface area contributed by atoms with Crippen LogP contribution in [0.4, 0.5) is 0 Å². The van der Waals surface area contributed by atoms with Crippen molar-refractivity contribution in [3.05, 3.63) is 24.3 Å². The number of hydrogen-bond acceptors (Lipinski definition) is 4. The molecule has 4 aliphatic carbocycles. The second kappa shape index (κ2) is 8.17. The van der Waals surface area contributed by atoms with Gasteiger partial charge in [-0.2, -0.15) is 0 Å². The molecule has 1 N–H and O–H groups in total. The van der Waals surface area contributed by atoms with Crippen molar-refractivity contribution in [1.29, 1.82) is 0 Å². The van der Waals surface area contributed by atoms with Gasteiger partial charge in [0.1, 0.15) is 6.10 Å². The summed E-state index contributed by atoms with van der Waals surface area (Å²) >= 11 is 0. The number of benzene rings is 1. The van der Waals surface area contributed by atoms with Gasteiger partial charge in [0.25, 0.3) is 0 Å². The molecule has 0 spiro atoms. The maximum absolute atomic E-state index is 12.8. The van der Waals surface area contributed by atoms with Crippen LogP contribution < -0.4 is 14.8 Å². The van der Waals surface area contributed by atoms with Gasteiger partial charge in [0, 0.05) is 19.1 Å². The Morgan fingerprint density at radius 2 is 1.62 bits per heavy atom. The van der Waals surface area contributed by atoms with E-state index in [2.05, 4.69) is 10.2 Å². The lowest BCUT2D eigenvalue weighted by atomic mass is 9.54. The fourth-order valence-corrected chi connectivity index (χ4v) is 6.68. The summed E-state index contributed by atoms with van der Waals surface area (Å²) in [4.78, 5) is 15.0. The van der Waals surface area contributed by atoms with Crippen LogP contribution in [0.1, 0.15) is 44.9 Å². The zero-order valence-corrected chi connectivity index (χ0v) is 17.5. The highest BCUT2D eigenvalue weighted by molar-refractivity contribution is 5.78. The molecule has 1 amide bonds. The number of methoxy groups -OCH3 is 1. The van der Waals surface area contributed by atoms with E-state index in [1.807, 2.05) is 24.3 Å². The van der Waals surface area contributed by atoms with E-state index in [1.165, 1.54) is 32.1 Å². The number of piperidine rings is 1. The smallest absolute Gasteiger partial charge is 0.234 e. The topological polar surface area (TPSA) is 50.8 Å². The largest absolute Gasteiger partial charge is 0.493 e. The van der Waals surface area contributed by atoms with Gasteiger partial charge < -0.3 is 14.8 Å². The van der Waals surface area contributed by atoms with Crippen molar-refractivity contribution in [2.45, 2.75) is 57.1 Å². The van der Waals surface area contributed by atoms with Gasteiger partial charge in [-0.05, 0) is 80.8 Å². The number of rotatable bonds is 6. The molecule has 0 aromatic heterocycles. The van der Waals surface area contributed by atoms with Crippen LogP contribution in [0.25, 0.3) is 0 Å². The lowest BCUT2D eigenvalue weighted by Crippen LogP contribution is -2.57. The molecule has 0 atom stereocenters. The zero-order valence-electron chi connectivity index (χ0n) is 17.5. The predicted octanol–water partition coefficient (Wildman–Crippen LogP) is 3.48. The molecule has 1 heterocycles. The number of para-hydroxylation sites is 2. The molecule has 0 unspecified atom stereocenters. The second-order valence-electron chi connectivity index (χ2n) is 9.77. The van der Waals surface area contributed by atoms with E-state index in [-0.39, 0.29) is 12.0 Å². The number of nitrogens with one attached hydrogen (secondary N) is 1. The van der Waals surface area contributed by atoms with Crippen LogP contribution in [-0.4, -0.2) is 49.7 Å². The van der Waals surface area contributed by atoms with Gasteiger partial charge in [-0.15, -0.1) is 0 Å². The molecule has 1 saturated heterocycles. The first-order chi connectivity index (χ1) is 14.2. The quantitative estimate of drug-likeness (QED) is 0.797. The zero-order chi connectivity index (χ0) is 19.8. The maximum atomic E-state index is 12.8. The number of nitrogens with zero attached hydrogens (tertiary/aromatic N) is 1. The van der Waals surface area contributed by atoms with E-state index in [9.17, 15) is 4.79 Å². The Bertz CT molecular complexity index is 701. The van der Waals surface area contributed by atoms with Crippen LogP contribution in [0.2, 0.25) is 0 Å². The van der Waals surface area contributed by atoms with E-state index in [4.69, 9.17) is 9.47 Å². The summed E-state index contributed by atoms with van der Waals surface area (Å²) in [6, 6.07) is 8.27. The van der Waals surface area contributed by atoms with Gasteiger partial charge in [-0.3, -0.25) is 9.69 Å². The van der Waals surface area contributed by atoms with Gasteiger partial charge in [0.15, 0.2) is 11.5 Å². The Balaban J connectivity index is 1.08. The van der Waals surface area contributed by atoms with Gasteiger partial charge in [0.2, 0.25) is 5.91 Å². The fraction of sp³-hybridized carbons (Fsp3) is 0.708. The van der Waals surface area contributed by atoms with E-state index >= 15 is 0 Å². The number of carbonyl (C=O) groups is 1. The molecule has 5 nitrogen and oxygen atoms in total. The van der Waals surface area contributed by atoms with E-state index in [1.54, 1.807) is 7.11 Å². The molecule has 4 bridgehead atoms. The molecule has 1 aromatic rings. The summed E-state index contributed by atoms with van der Waals surface area (Å²) in [7, 11) is 1.67. The molecule has 29 heavy (non-hydrogen) atoms. The predicted molar refractivity (Wildman–Crippen MR) is 112 cm³/mol. The third-order valence-corrected chi connectivity index (χ3v) is 7.82. The number of ether oxygens (including phenoxy) is 2. The summed E-state index contributed by atoms with van der Waals surface area (Å²) in [6.45, 7) is 2.36. The molecule has 5 aliphatic rings. The second-order valence-corrected chi connectivity index (χ2v) is 9.77. The lowest BCUT2D eigenvalue weighted by molar-refractivity contribution is -0.126. The van der Waals surface area contributed by atoms with Gasteiger partial charge in [0.05, 0.1) is 13.7 Å². The Labute approximate surface area is 174 Å². The normalized spacial score (nSPS) is 34.2. The number of likely N-dealkylation sites (tertiary alicyclic amines) is 1. The number of carbonyl (C=O) groups excluding carboxylic acids is 1. The van der Waals surface area contributed by atoms with Crippen molar-refractivity contribution in [2.24, 2.45) is 23.7 Å². The van der Waals surface area contributed by atoms with Crippen LogP contribution in [0, 0.1) is 23.7 Å². The minimum atomic E-state index is 0.190. The molecule has 0 radical (unpaired) electrons. The van der Waals surface area contributed by atoms with E-state index < -0.39 is 0 Å². The molecular weight excluding hydrogens is 364 g/mol. The fourth-order valence-electron chi connectivity index (χ4n) is 6.68. The molecule has 1 aliphatic heterocycles. The van der Waals surface area contributed by atoms with Crippen LogP contribution in [0.15, 0.2) is 24.3 Å². The molecule has 5 fully saturated rings. The van der Waals surface area contributed by atoms with Crippen LogP contribution in [-0.2, 0) is 4.79 Å². The minimum Gasteiger partial charge on any atom is -0.493 e. The molecule has 158 valence electrons. The monoisotopic (exact) mass is 398 g/mol. The number of hydrogen-bond donors (Lipinski definition) is 1. The van der Waals surface area contributed by atoms with Crippen molar-refractivity contribution in [3.8, 4) is 11.5 Å². The van der Waals surface area contributed by atoms with Crippen LogP contribution in [0.5, 0.6) is 11.5 Å². The molecule has 6 rings (SSSR count). The molecule has 4 saturated carbocycles. The van der Waals surface area contributed by atoms with Gasteiger partial charge in [-0.1, -0.05) is 12.1 Å². The average molecular weight is 399 g/mol. The Morgan fingerprint density at radius 1 is 1.00 bits per heavy atom. The summed E-state index contributed by atoms with van der Waals surface area (Å²) in [5.74, 6) is 5.22. The average Bonchev–Trinajstić information content (AvgIpc) is 2.72. The van der Waals surface area contributed by atoms with Crippen LogP contribution in [0.3, 0.4) is 0 Å². The Morgan fingerprint density at radius 3 is 2.24 bits per heavy atom. The summed E-state index contributed by atoms with van der Waals surface area (Å²) < 4.78 is 11.5. The van der Waals surface area contributed by atoms with E-state index in [0.717, 1.165) is 61.1 Å². The minimum absolute atomic E-state index is 0.190. The first-order valence-corrected chi connectivity index (χ1v) is 11.5. The first-order valence-electron chi connectivity index (χ1n) is 11.5. The van der Waals surface area contributed by atoms with Crippen LogP contribution >= 0.6 is 0 Å². The summed E-state index contributed by atoms with van der Waals surface area (Å²) in [5.41, 5.74) is 0. The molecular formula is C24H34N2O3. The lowest BCUT2D eigenvalue weighted by Gasteiger charge is -2.54. The highest BCUT2D eigenvalue weighted by atomic mass is 16.5. The van der Waals surface area contributed by atoms with Gasteiger partial charge in [-0.25, -0.2) is 0 Å². The van der Waals surface area contributed by atoms with Crippen molar-refractivity contribution in [2.75, 3.05) is 26.7 Å². The molecule has 5 heteroatoms. The third-order valence-electron chi connectivity index (χ3n) is 7.82. The first kappa shape index (κ1) is 19.2. The maximum Gasteiger partial charge on any atom is 0.234 e. The molecule has 1 aromatic carbocycles. The van der Waals surface area contributed by atoms with E-state index in [0.29, 0.717) is 12.6 Å². The Kier molecular flexibility index (Phi) is 5.42. The van der Waals surface area contributed by atoms with Crippen molar-refractivity contribution in [3.63, 3.8) is 0 Å². The third kappa shape index (κ3) is 4.11. The highest BCUT2D eigenvalue weighted by Gasteiger charge is 2.48. The van der Waals surface area contributed by atoms with Crippen molar-refractivity contribution < 1.29 is 14.3 Å². The van der Waals surface area contributed by atoms with Crippen molar-refractivity contribution >= 4 is 5.91 Å². The van der Waals surface area contributed by atoms with Gasteiger partial charge >= 0.3 is 0 Å². The summed E-state index contributed by atoms with van der Waals surface area (Å²) in [5, 5.41) is 3.45.